The van der Waals surface area contributed by atoms with Gasteiger partial charge in [0.05, 0.1) is 11.4 Å². The second-order valence-electron chi connectivity index (χ2n) is 17.0. The second-order valence-corrected chi connectivity index (χ2v) is 17.0. The van der Waals surface area contributed by atoms with E-state index in [1.54, 1.807) is 0 Å². The van der Waals surface area contributed by atoms with Gasteiger partial charge in [-0.25, -0.2) is 0 Å². The van der Waals surface area contributed by atoms with Crippen LogP contribution in [0.15, 0.2) is 188 Å². The fourth-order valence-electron chi connectivity index (χ4n) is 9.58. The first-order chi connectivity index (χ1) is 28.2. The smallest absolute Gasteiger partial charge is 0.0747 e. The van der Waals surface area contributed by atoms with Gasteiger partial charge in [0.15, 0.2) is 0 Å². The average molecular weight is 746 g/mol. The van der Waals surface area contributed by atoms with Crippen molar-refractivity contribution in [3.05, 3.63) is 205 Å². The van der Waals surface area contributed by atoms with E-state index in [9.17, 15) is 0 Å². The molecule has 0 fully saturated rings. The summed E-state index contributed by atoms with van der Waals surface area (Å²) in [4.78, 5) is 9.96. The molecule has 0 saturated heterocycles. The standard InChI is InChI=1S/C55H43N3/c1-54(2)30-31-57-50-17-11-10-16-49(50)55(3,4)53-52(57)51(54)48(35-56-53)42-24-29-47-41(33-42)19-18-40-32-39(23-28-46(40)47)37-20-25-44(26-21-37)58(43-14-6-5-7-15-43)45-27-22-36-12-8-9-13-38(36)34-45/h5-35H,1-4H3. The normalized spacial score (nSPS) is 14.7. The maximum absolute atomic E-state index is 5.25. The Hall–Kier alpha value is -6.97. The van der Waals surface area contributed by atoms with Crippen molar-refractivity contribution in [2.24, 2.45) is 0 Å². The molecular formula is C55H43N3. The van der Waals surface area contributed by atoms with E-state index in [2.05, 4.69) is 226 Å². The Morgan fingerprint density at radius 2 is 1.10 bits per heavy atom. The van der Waals surface area contributed by atoms with Gasteiger partial charge in [0, 0.05) is 51.5 Å². The lowest BCUT2D eigenvalue weighted by atomic mass is 9.70. The third kappa shape index (κ3) is 5.30. The number of aromatic nitrogens is 1. The van der Waals surface area contributed by atoms with Gasteiger partial charge in [-0.15, -0.1) is 0 Å². The summed E-state index contributed by atoms with van der Waals surface area (Å²) in [5.74, 6) is 0. The van der Waals surface area contributed by atoms with Gasteiger partial charge < -0.3 is 9.80 Å². The summed E-state index contributed by atoms with van der Waals surface area (Å²) in [5.41, 5.74) is 14.1. The van der Waals surface area contributed by atoms with Crippen LogP contribution >= 0.6 is 0 Å². The molecule has 0 aliphatic carbocycles. The van der Waals surface area contributed by atoms with Crippen LogP contribution in [-0.4, -0.2) is 4.98 Å². The summed E-state index contributed by atoms with van der Waals surface area (Å²) >= 11 is 0. The molecule has 2 aliphatic heterocycles. The maximum atomic E-state index is 5.25. The molecule has 2 aliphatic rings. The van der Waals surface area contributed by atoms with Gasteiger partial charge in [0.2, 0.25) is 0 Å². The number of hydrogen-bond acceptors (Lipinski definition) is 3. The number of allylic oxidation sites excluding steroid dienone is 1. The van der Waals surface area contributed by atoms with Gasteiger partial charge in [-0.1, -0.05) is 135 Å². The van der Waals surface area contributed by atoms with Crippen LogP contribution in [0.4, 0.5) is 28.4 Å². The van der Waals surface area contributed by atoms with Gasteiger partial charge in [-0.3, -0.25) is 4.98 Å². The van der Waals surface area contributed by atoms with Crippen LogP contribution in [-0.2, 0) is 10.8 Å². The zero-order chi connectivity index (χ0) is 39.2. The maximum Gasteiger partial charge on any atom is 0.0747 e. The summed E-state index contributed by atoms with van der Waals surface area (Å²) in [6.07, 6.45) is 6.73. The highest BCUT2D eigenvalue weighted by Gasteiger charge is 2.43. The molecule has 1 aromatic heterocycles. The Morgan fingerprint density at radius 3 is 1.88 bits per heavy atom. The van der Waals surface area contributed by atoms with Crippen molar-refractivity contribution in [1.29, 1.82) is 0 Å². The Bertz CT molecular complexity index is 3120. The van der Waals surface area contributed by atoms with E-state index in [4.69, 9.17) is 4.98 Å². The summed E-state index contributed by atoms with van der Waals surface area (Å²) in [5, 5.41) is 7.45. The highest BCUT2D eigenvalue weighted by molar-refractivity contribution is 6.09. The van der Waals surface area contributed by atoms with Crippen LogP contribution in [0.1, 0.15) is 44.5 Å². The highest BCUT2D eigenvalue weighted by atomic mass is 15.2. The Kier molecular flexibility index (Phi) is 7.55. The number of fused-ring (bicyclic) bond motifs is 6. The molecule has 0 atom stereocenters. The van der Waals surface area contributed by atoms with Crippen LogP contribution in [0.2, 0.25) is 0 Å². The topological polar surface area (TPSA) is 19.4 Å². The number of benzene rings is 8. The molecule has 11 rings (SSSR count). The van der Waals surface area contributed by atoms with Gasteiger partial charge in [0.1, 0.15) is 0 Å². The summed E-state index contributed by atoms with van der Waals surface area (Å²) in [6, 6.07) is 62.0. The van der Waals surface area contributed by atoms with Crippen molar-refractivity contribution >= 4 is 60.8 Å². The monoisotopic (exact) mass is 745 g/mol. The van der Waals surface area contributed by atoms with E-state index in [-0.39, 0.29) is 10.8 Å². The highest BCUT2D eigenvalue weighted by Crippen LogP contribution is 2.55. The molecule has 3 nitrogen and oxygen atoms in total. The Morgan fingerprint density at radius 1 is 0.500 bits per heavy atom. The summed E-state index contributed by atoms with van der Waals surface area (Å²) in [7, 11) is 0. The molecule has 278 valence electrons. The first-order valence-electron chi connectivity index (χ1n) is 20.3. The van der Waals surface area contributed by atoms with E-state index in [1.807, 2.05) is 0 Å². The lowest BCUT2D eigenvalue weighted by molar-refractivity contribution is 0.589. The number of nitrogens with zero attached hydrogens (tertiary/aromatic N) is 3. The number of rotatable bonds is 5. The van der Waals surface area contributed by atoms with Crippen molar-refractivity contribution in [2.75, 3.05) is 9.80 Å². The van der Waals surface area contributed by atoms with E-state index < -0.39 is 0 Å². The molecule has 3 heterocycles. The molecule has 8 aromatic carbocycles. The number of para-hydroxylation sites is 2. The van der Waals surface area contributed by atoms with Crippen LogP contribution in [0.25, 0.3) is 54.6 Å². The summed E-state index contributed by atoms with van der Waals surface area (Å²) < 4.78 is 0. The summed E-state index contributed by atoms with van der Waals surface area (Å²) in [6.45, 7) is 9.28. The lowest BCUT2D eigenvalue weighted by Crippen LogP contribution is -2.36. The molecule has 9 aromatic rings. The molecule has 0 N–H and O–H groups in total. The van der Waals surface area contributed by atoms with Crippen molar-refractivity contribution in [3.63, 3.8) is 0 Å². The van der Waals surface area contributed by atoms with Crippen molar-refractivity contribution in [3.8, 4) is 22.3 Å². The van der Waals surface area contributed by atoms with Gasteiger partial charge in [0.25, 0.3) is 0 Å². The van der Waals surface area contributed by atoms with Gasteiger partial charge >= 0.3 is 0 Å². The molecule has 0 unspecified atom stereocenters. The van der Waals surface area contributed by atoms with E-state index in [0.717, 1.165) is 22.8 Å². The SMILES string of the molecule is CC1(C)C=CN2c3ccccc3C(C)(C)c3ncc(-c4ccc5c(ccc6cc(-c7ccc(N(c8ccccc8)c8ccc9ccccc9c8)cc7)ccc65)c4)c1c32. The molecule has 0 saturated carbocycles. The third-order valence-electron chi connectivity index (χ3n) is 12.6. The fourth-order valence-corrected chi connectivity index (χ4v) is 9.58. The zero-order valence-corrected chi connectivity index (χ0v) is 33.2. The van der Waals surface area contributed by atoms with E-state index >= 15 is 0 Å². The number of pyridine rings is 1. The Balaban J connectivity index is 0.946. The second kappa shape index (κ2) is 12.8. The van der Waals surface area contributed by atoms with Gasteiger partial charge in [-0.2, -0.15) is 0 Å². The molecule has 0 amide bonds. The largest absolute Gasteiger partial charge is 0.315 e. The molecule has 3 heteroatoms. The molecule has 0 spiro atoms. The molecular weight excluding hydrogens is 703 g/mol. The van der Waals surface area contributed by atoms with Crippen LogP contribution in [0.3, 0.4) is 0 Å². The predicted molar refractivity (Wildman–Crippen MR) is 245 cm³/mol. The number of hydrogen-bond donors (Lipinski definition) is 0. The van der Waals surface area contributed by atoms with Crippen molar-refractivity contribution in [2.45, 2.75) is 38.5 Å². The molecule has 0 bridgehead atoms. The third-order valence-corrected chi connectivity index (χ3v) is 12.6. The minimum absolute atomic E-state index is 0.162. The predicted octanol–water partition coefficient (Wildman–Crippen LogP) is 14.9. The van der Waals surface area contributed by atoms with Crippen molar-refractivity contribution in [1.82, 2.24) is 4.98 Å². The van der Waals surface area contributed by atoms with Crippen LogP contribution in [0.5, 0.6) is 0 Å². The fraction of sp³-hybridized carbons (Fsp3) is 0.109. The number of anilines is 5. The minimum atomic E-state index is -0.208. The quantitative estimate of drug-likeness (QED) is 0.164. The Labute approximate surface area is 340 Å². The van der Waals surface area contributed by atoms with Crippen LogP contribution < -0.4 is 9.80 Å². The van der Waals surface area contributed by atoms with Crippen LogP contribution in [0, 0.1) is 0 Å². The van der Waals surface area contributed by atoms with E-state index in [0.29, 0.717) is 0 Å². The molecule has 0 radical (unpaired) electrons. The average Bonchev–Trinajstić information content (AvgIpc) is 3.26. The molecule has 58 heavy (non-hydrogen) atoms. The first kappa shape index (κ1) is 34.3. The first-order valence-corrected chi connectivity index (χ1v) is 20.3. The zero-order valence-electron chi connectivity index (χ0n) is 33.2. The lowest BCUT2D eigenvalue weighted by Gasteiger charge is -2.45. The minimum Gasteiger partial charge on any atom is -0.315 e. The van der Waals surface area contributed by atoms with Gasteiger partial charge in [-0.05, 0) is 129 Å². The van der Waals surface area contributed by atoms with E-state index in [1.165, 1.54) is 77.1 Å². The van der Waals surface area contributed by atoms with Crippen molar-refractivity contribution < 1.29 is 0 Å².